The van der Waals surface area contributed by atoms with Crippen LogP contribution in [-0.2, 0) is 11.3 Å². The van der Waals surface area contributed by atoms with E-state index in [2.05, 4.69) is 5.10 Å². The molecular formula is C28H36ClN3O6. The average Bonchev–Trinajstić information content (AvgIpc) is 3.39. The van der Waals surface area contributed by atoms with E-state index in [-0.39, 0.29) is 6.54 Å². The molecule has 4 N–H and O–H groups in total. The summed E-state index contributed by atoms with van der Waals surface area (Å²) in [6.45, 7) is 0.732. The highest BCUT2D eigenvalue weighted by molar-refractivity contribution is 6.30. The Morgan fingerprint density at radius 2 is 1.76 bits per heavy atom. The van der Waals surface area contributed by atoms with Crippen LogP contribution in [0.4, 0.5) is 5.69 Å². The summed E-state index contributed by atoms with van der Waals surface area (Å²) >= 11 is 6.01. The standard InChI is InChI=1S/C28H36ClN3O6/c29-21-8-10-22(11-9-21)32-17-20(15-30-32)16-31-18-25(34)27(36)28(26(35)19-33)38-13-4-2-1-3-12-37-24-7-5-6-23(31)14-24/h5-11,14-15,17,25-28,33-36H,1-4,12-13,16,18-19H2/t25-,26-,27-,28-/m1/s1. The summed E-state index contributed by atoms with van der Waals surface area (Å²) in [6.07, 6.45) is 2.00. The molecule has 10 heteroatoms. The van der Waals surface area contributed by atoms with E-state index in [1.165, 1.54) is 0 Å². The van der Waals surface area contributed by atoms with E-state index in [1.807, 2.05) is 47.5 Å². The Labute approximate surface area is 227 Å². The van der Waals surface area contributed by atoms with E-state index in [0.29, 0.717) is 24.8 Å². The molecular weight excluding hydrogens is 510 g/mol. The largest absolute Gasteiger partial charge is 0.494 e. The van der Waals surface area contributed by atoms with Crippen LogP contribution in [0.2, 0.25) is 5.02 Å². The Morgan fingerprint density at radius 3 is 2.53 bits per heavy atom. The zero-order valence-electron chi connectivity index (χ0n) is 21.3. The van der Waals surface area contributed by atoms with Crippen LogP contribution in [0.15, 0.2) is 60.9 Å². The van der Waals surface area contributed by atoms with E-state index in [1.54, 1.807) is 23.0 Å². The van der Waals surface area contributed by atoms with Gasteiger partial charge in [-0.2, -0.15) is 5.10 Å². The van der Waals surface area contributed by atoms with Gasteiger partial charge in [0.25, 0.3) is 0 Å². The van der Waals surface area contributed by atoms with Gasteiger partial charge >= 0.3 is 0 Å². The topological polar surface area (TPSA) is 120 Å². The molecule has 3 aromatic rings. The number of halogens is 1. The minimum atomic E-state index is -1.41. The molecule has 4 rings (SSSR count). The van der Waals surface area contributed by atoms with E-state index in [0.717, 1.165) is 48.4 Å². The van der Waals surface area contributed by atoms with E-state index < -0.39 is 31.0 Å². The molecule has 0 fully saturated rings. The van der Waals surface area contributed by atoms with Crippen molar-refractivity contribution in [2.75, 3.05) is 31.3 Å². The molecule has 9 nitrogen and oxygen atoms in total. The normalized spacial score (nSPS) is 22.6. The second kappa shape index (κ2) is 13.9. The molecule has 1 aromatic heterocycles. The van der Waals surface area contributed by atoms with Gasteiger partial charge < -0.3 is 34.8 Å². The van der Waals surface area contributed by atoms with Crippen molar-refractivity contribution in [3.05, 3.63) is 71.5 Å². The number of nitrogens with zero attached hydrogens (tertiary/aromatic N) is 3. The number of rotatable bonds is 5. The lowest BCUT2D eigenvalue weighted by molar-refractivity contribution is -0.141. The van der Waals surface area contributed by atoms with Gasteiger partial charge in [0.05, 0.1) is 31.2 Å². The predicted molar refractivity (Wildman–Crippen MR) is 145 cm³/mol. The first-order valence-electron chi connectivity index (χ1n) is 13.0. The molecule has 0 aliphatic carbocycles. The number of hydrogen-bond donors (Lipinski definition) is 4. The van der Waals surface area contributed by atoms with Gasteiger partial charge in [0.1, 0.15) is 24.1 Å². The Balaban J connectivity index is 1.60. The number of hydrogen-bond acceptors (Lipinski definition) is 8. The van der Waals surface area contributed by atoms with Crippen LogP contribution in [0.5, 0.6) is 5.75 Å². The highest BCUT2D eigenvalue weighted by Crippen LogP contribution is 2.25. The summed E-state index contributed by atoms with van der Waals surface area (Å²) in [4.78, 5) is 1.91. The lowest BCUT2D eigenvalue weighted by Gasteiger charge is -2.33. The number of aromatic nitrogens is 2. The molecule has 4 atom stereocenters. The summed E-state index contributed by atoms with van der Waals surface area (Å²) in [5.74, 6) is 0.725. The average molecular weight is 546 g/mol. The highest BCUT2D eigenvalue weighted by Gasteiger charge is 2.34. The van der Waals surface area contributed by atoms with E-state index in [9.17, 15) is 20.4 Å². The number of fused-ring (bicyclic) bond motifs is 2. The summed E-state index contributed by atoms with van der Waals surface area (Å²) in [7, 11) is 0. The van der Waals surface area contributed by atoms with Crippen LogP contribution in [0, 0.1) is 0 Å². The van der Waals surface area contributed by atoms with Gasteiger partial charge in [-0.3, -0.25) is 0 Å². The second-order valence-electron chi connectivity index (χ2n) is 9.55. The van der Waals surface area contributed by atoms with Crippen LogP contribution in [0.3, 0.4) is 0 Å². The van der Waals surface area contributed by atoms with Gasteiger partial charge in [-0.05, 0) is 55.7 Å². The number of aliphatic hydroxyl groups excluding tert-OH is 4. The van der Waals surface area contributed by atoms with E-state index >= 15 is 0 Å². The number of anilines is 1. The summed E-state index contributed by atoms with van der Waals surface area (Å²) < 4.78 is 13.5. The lowest BCUT2D eigenvalue weighted by atomic mass is 10.0. The Hall–Kier alpha value is -2.66. The lowest BCUT2D eigenvalue weighted by Crippen LogP contribution is -2.51. The first-order valence-corrected chi connectivity index (χ1v) is 13.4. The molecule has 1 aliphatic heterocycles. The molecule has 0 radical (unpaired) electrons. The van der Waals surface area contributed by atoms with Crippen molar-refractivity contribution in [3.63, 3.8) is 0 Å². The van der Waals surface area contributed by atoms with Crippen molar-refractivity contribution >= 4 is 17.3 Å². The molecule has 1 aliphatic rings. The Morgan fingerprint density at radius 1 is 1.00 bits per heavy atom. The highest BCUT2D eigenvalue weighted by atomic mass is 35.5. The van der Waals surface area contributed by atoms with Gasteiger partial charge in [0.15, 0.2) is 0 Å². The molecule has 0 saturated heterocycles. The number of aliphatic hydroxyl groups is 4. The fourth-order valence-corrected chi connectivity index (χ4v) is 4.62. The van der Waals surface area contributed by atoms with Crippen LogP contribution >= 0.6 is 11.6 Å². The van der Waals surface area contributed by atoms with Crippen LogP contribution < -0.4 is 9.64 Å². The van der Waals surface area contributed by atoms with E-state index in [4.69, 9.17) is 21.1 Å². The third kappa shape index (κ3) is 7.69. The monoisotopic (exact) mass is 545 g/mol. The molecule has 0 spiro atoms. The summed E-state index contributed by atoms with van der Waals surface area (Å²) in [6, 6.07) is 15.0. The zero-order valence-corrected chi connectivity index (χ0v) is 22.0. The van der Waals surface area contributed by atoms with Crippen LogP contribution in [-0.4, -0.2) is 81.0 Å². The molecule has 0 unspecified atom stereocenters. The van der Waals surface area contributed by atoms with Crippen molar-refractivity contribution in [2.24, 2.45) is 0 Å². The van der Waals surface area contributed by atoms with Crippen molar-refractivity contribution in [1.29, 1.82) is 0 Å². The molecule has 2 bridgehead atoms. The quantitative estimate of drug-likeness (QED) is 0.386. The Bertz CT molecular complexity index is 1130. The molecule has 0 saturated carbocycles. The SMILES string of the molecule is OC[C@@H](O)[C@H]1OCCCCCCOc2cccc(c2)N(Cc2cnn(-c3ccc(Cl)cc3)c2)C[C@@H](O)[C@H]1O. The maximum atomic E-state index is 11.1. The van der Waals surface area contributed by atoms with Crippen molar-refractivity contribution in [2.45, 2.75) is 56.6 Å². The predicted octanol–water partition coefficient (Wildman–Crippen LogP) is 2.95. The minimum Gasteiger partial charge on any atom is -0.494 e. The van der Waals surface area contributed by atoms with Gasteiger partial charge in [0, 0.05) is 48.2 Å². The molecule has 38 heavy (non-hydrogen) atoms. The van der Waals surface area contributed by atoms with Crippen molar-refractivity contribution in [1.82, 2.24) is 9.78 Å². The molecule has 0 amide bonds. The summed E-state index contributed by atoms with van der Waals surface area (Å²) in [5, 5.41) is 47.0. The molecule has 2 aromatic carbocycles. The van der Waals surface area contributed by atoms with Crippen LogP contribution in [0.25, 0.3) is 5.69 Å². The third-order valence-corrected chi connectivity index (χ3v) is 6.86. The Kier molecular flexibility index (Phi) is 10.4. The van der Waals surface area contributed by atoms with Gasteiger partial charge in [-0.25, -0.2) is 4.68 Å². The first kappa shape index (κ1) is 28.4. The molecule has 206 valence electrons. The number of β-amino-alcohol motifs (C(OH)–C–C–N with tert-alkyl or cyclic N) is 1. The van der Waals surface area contributed by atoms with Crippen molar-refractivity contribution < 1.29 is 29.9 Å². The van der Waals surface area contributed by atoms with Crippen LogP contribution in [0.1, 0.15) is 31.2 Å². The maximum absolute atomic E-state index is 11.1. The second-order valence-corrected chi connectivity index (χ2v) is 9.99. The minimum absolute atomic E-state index is 0.0365. The van der Waals surface area contributed by atoms with Gasteiger partial charge in [-0.1, -0.05) is 24.1 Å². The number of benzene rings is 2. The fourth-order valence-electron chi connectivity index (χ4n) is 4.49. The summed E-state index contributed by atoms with van der Waals surface area (Å²) in [5.41, 5.74) is 2.53. The van der Waals surface area contributed by atoms with Crippen molar-refractivity contribution in [3.8, 4) is 11.4 Å². The smallest absolute Gasteiger partial charge is 0.121 e. The van der Waals surface area contributed by atoms with Gasteiger partial charge in [0.2, 0.25) is 0 Å². The zero-order chi connectivity index (χ0) is 26.9. The fraction of sp³-hybridized carbons (Fsp3) is 0.464. The number of ether oxygens (including phenoxy) is 2. The first-order chi connectivity index (χ1) is 18.4. The van der Waals surface area contributed by atoms with Gasteiger partial charge in [-0.15, -0.1) is 0 Å². The third-order valence-electron chi connectivity index (χ3n) is 6.61. The maximum Gasteiger partial charge on any atom is 0.121 e. The molecule has 2 heterocycles.